The minimum Gasteiger partial charge on any atom is -0.478 e. The maximum absolute atomic E-state index is 12.0. The molecular formula is C12H16O4S. The van der Waals surface area contributed by atoms with Crippen LogP contribution in [0.25, 0.3) is 0 Å². The second-order valence-electron chi connectivity index (χ2n) is 4.04. The SMILES string of the molecule is CCCS(=O)(=O)c1cc(C(=O)O)cc(C)c1C. The van der Waals surface area contributed by atoms with E-state index < -0.39 is 15.8 Å². The molecule has 0 heterocycles. The molecule has 94 valence electrons. The van der Waals surface area contributed by atoms with Crippen molar-refractivity contribution in [1.82, 2.24) is 0 Å². The molecule has 0 fully saturated rings. The van der Waals surface area contributed by atoms with Crippen molar-refractivity contribution in [2.24, 2.45) is 0 Å². The fraction of sp³-hybridized carbons (Fsp3) is 0.417. The first-order valence-corrected chi connectivity index (χ1v) is 7.02. The molecule has 4 nitrogen and oxygen atoms in total. The van der Waals surface area contributed by atoms with Gasteiger partial charge < -0.3 is 5.11 Å². The van der Waals surface area contributed by atoms with Crippen LogP contribution in [0, 0.1) is 13.8 Å². The summed E-state index contributed by atoms with van der Waals surface area (Å²) in [6.07, 6.45) is 0.512. The van der Waals surface area contributed by atoms with E-state index >= 15 is 0 Å². The lowest BCUT2D eigenvalue weighted by atomic mass is 10.1. The van der Waals surface area contributed by atoms with Gasteiger partial charge in [0.2, 0.25) is 0 Å². The molecule has 0 aliphatic rings. The summed E-state index contributed by atoms with van der Waals surface area (Å²) in [5.74, 6) is -1.07. The Bertz CT molecular complexity index is 544. The van der Waals surface area contributed by atoms with E-state index in [0.717, 1.165) is 0 Å². The number of benzene rings is 1. The molecule has 0 aliphatic carbocycles. The van der Waals surface area contributed by atoms with Gasteiger partial charge in [-0.2, -0.15) is 0 Å². The topological polar surface area (TPSA) is 71.4 Å². The molecule has 0 aliphatic heterocycles. The number of aromatic carboxylic acids is 1. The Morgan fingerprint density at radius 2 is 1.88 bits per heavy atom. The van der Waals surface area contributed by atoms with Crippen LogP contribution in [0.3, 0.4) is 0 Å². The second kappa shape index (κ2) is 4.87. The fourth-order valence-electron chi connectivity index (χ4n) is 1.65. The summed E-state index contributed by atoms with van der Waals surface area (Å²) in [5.41, 5.74) is 1.32. The van der Waals surface area contributed by atoms with Crippen molar-refractivity contribution in [1.29, 1.82) is 0 Å². The van der Waals surface area contributed by atoms with Gasteiger partial charge in [0.1, 0.15) is 0 Å². The molecule has 1 aromatic rings. The van der Waals surface area contributed by atoms with Crippen LogP contribution >= 0.6 is 0 Å². The number of carboxylic acids is 1. The highest BCUT2D eigenvalue weighted by Gasteiger charge is 2.19. The monoisotopic (exact) mass is 256 g/mol. The smallest absolute Gasteiger partial charge is 0.335 e. The largest absolute Gasteiger partial charge is 0.478 e. The van der Waals surface area contributed by atoms with Crippen molar-refractivity contribution in [3.63, 3.8) is 0 Å². The molecule has 0 amide bonds. The third-order valence-corrected chi connectivity index (χ3v) is 4.71. The number of rotatable bonds is 4. The maximum atomic E-state index is 12.0. The first kappa shape index (κ1) is 13.7. The highest BCUT2D eigenvalue weighted by atomic mass is 32.2. The lowest BCUT2D eigenvalue weighted by Gasteiger charge is -2.10. The Morgan fingerprint density at radius 3 is 2.35 bits per heavy atom. The molecule has 0 spiro atoms. The molecule has 0 unspecified atom stereocenters. The van der Waals surface area contributed by atoms with Gasteiger partial charge in [0.25, 0.3) is 0 Å². The second-order valence-corrected chi connectivity index (χ2v) is 6.12. The van der Waals surface area contributed by atoms with Gasteiger partial charge in [0.15, 0.2) is 9.84 Å². The summed E-state index contributed by atoms with van der Waals surface area (Å²) in [6.45, 7) is 5.19. The van der Waals surface area contributed by atoms with Crippen molar-refractivity contribution in [3.8, 4) is 0 Å². The lowest BCUT2D eigenvalue weighted by Crippen LogP contribution is -2.10. The summed E-state index contributed by atoms with van der Waals surface area (Å²) in [4.78, 5) is 11.0. The third kappa shape index (κ3) is 2.85. The molecule has 0 atom stereocenters. The zero-order valence-electron chi connectivity index (χ0n) is 10.1. The van der Waals surface area contributed by atoms with Gasteiger partial charge >= 0.3 is 5.97 Å². The Hall–Kier alpha value is -1.36. The summed E-state index contributed by atoms with van der Waals surface area (Å²) in [7, 11) is -3.38. The normalized spacial score (nSPS) is 11.5. The molecular weight excluding hydrogens is 240 g/mol. The predicted octanol–water partition coefficient (Wildman–Crippen LogP) is 2.19. The van der Waals surface area contributed by atoms with Gasteiger partial charge in [0, 0.05) is 0 Å². The zero-order chi connectivity index (χ0) is 13.2. The molecule has 17 heavy (non-hydrogen) atoms. The summed E-state index contributed by atoms with van der Waals surface area (Å²) in [5, 5.41) is 8.93. The van der Waals surface area contributed by atoms with Crippen LogP contribution in [0.4, 0.5) is 0 Å². The van der Waals surface area contributed by atoms with Gasteiger partial charge in [0.05, 0.1) is 16.2 Å². The lowest BCUT2D eigenvalue weighted by molar-refractivity contribution is 0.0696. The molecule has 0 saturated carbocycles. The summed E-state index contributed by atoms with van der Waals surface area (Å²) >= 11 is 0. The predicted molar refractivity (Wildman–Crippen MR) is 65.2 cm³/mol. The van der Waals surface area contributed by atoms with E-state index in [4.69, 9.17) is 5.11 Å². The Labute approximate surface area is 101 Å². The van der Waals surface area contributed by atoms with Crippen molar-refractivity contribution in [2.45, 2.75) is 32.1 Å². The van der Waals surface area contributed by atoms with Crippen molar-refractivity contribution in [2.75, 3.05) is 5.75 Å². The molecule has 0 saturated heterocycles. The molecule has 0 aromatic heterocycles. The number of carbonyl (C=O) groups is 1. The molecule has 0 radical (unpaired) electrons. The van der Waals surface area contributed by atoms with Crippen LogP contribution in [-0.4, -0.2) is 25.2 Å². The van der Waals surface area contributed by atoms with E-state index in [0.29, 0.717) is 17.5 Å². The van der Waals surface area contributed by atoms with Gasteiger partial charge in [-0.25, -0.2) is 13.2 Å². The standard InChI is InChI=1S/C12H16O4S/c1-4-5-17(15,16)11-7-10(12(13)14)6-8(2)9(11)3/h6-7H,4-5H2,1-3H3,(H,13,14). The van der Waals surface area contributed by atoms with Gasteiger partial charge in [-0.05, 0) is 43.5 Å². The van der Waals surface area contributed by atoms with E-state index in [2.05, 4.69) is 0 Å². The average Bonchev–Trinajstić information content (AvgIpc) is 2.21. The van der Waals surface area contributed by atoms with Crippen LogP contribution in [0.15, 0.2) is 17.0 Å². The van der Waals surface area contributed by atoms with Crippen LogP contribution in [0.2, 0.25) is 0 Å². The number of aryl methyl sites for hydroxylation is 1. The third-order valence-electron chi connectivity index (χ3n) is 2.67. The van der Waals surface area contributed by atoms with Crippen LogP contribution in [0.5, 0.6) is 0 Å². The van der Waals surface area contributed by atoms with Gasteiger partial charge in [-0.3, -0.25) is 0 Å². The van der Waals surface area contributed by atoms with Crippen molar-refractivity contribution >= 4 is 15.8 Å². The molecule has 1 N–H and O–H groups in total. The quantitative estimate of drug-likeness (QED) is 0.896. The number of carboxylic acid groups (broad SMARTS) is 1. The van der Waals surface area contributed by atoms with E-state index in [1.165, 1.54) is 12.1 Å². The van der Waals surface area contributed by atoms with E-state index in [-0.39, 0.29) is 16.2 Å². The summed E-state index contributed by atoms with van der Waals surface area (Å²) in [6, 6.07) is 2.73. The molecule has 1 rings (SSSR count). The van der Waals surface area contributed by atoms with Crippen LogP contribution in [-0.2, 0) is 9.84 Å². The number of hydrogen-bond donors (Lipinski definition) is 1. The van der Waals surface area contributed by atoms with Crippen molar-refractivity contribution < 1.29 is 18.3 Å². The first-order chi connectivity index (χ1) is 7.79. The van der Waals surface area contributed by atoms with Gasteiger partial charge in [-0.15, -0.1) is 0 Å². The number of hydrogen-bond acceptors (Lipinski definition) is 3. The molecule has 5 heteroatoms. The Morgan fingerprint density at radius 1 is 1.29 bits per heavy atom. The maximum Gasteiger partial charge on any atom is 0.335 e. The van der Waals surface area contributed by atoms with E-state index in [9.17, 15) is 13.2 Å². The summed E-state index contributed by atoms with van der Waals surface area (Å²) < 4.78 is 24.0. The average molecular weight is 256 g/mol. The molecule has 1 aromatic carbocycles. The van der Waals surface area contributed by atoms with Crippen LogP contribution < -0.4 is 0 Å². The van der Waals surface area contributed by atoms with Crippen molar-refractivity contribution in [3.05, 3.63) is 28.8 Å². The highest BCUT2D eigenvalue weighted by Crippen LogP contribution is 2.22. The van der Waals surface area contributed by atoms with Gasteiger partial charge in [-0.1, -0.05) is 6.92 Å². The minimum atomic E-state index is -3.38. The molecule has 0 bridgehead atoms. The van der Waals surface area contributed by atoms with Crippen LogP contribution in [0.1, 0.15) is 34.8 Å². The van der Waals surface area contributed by atoms with E-state index in [1.807, 2.05) is 0 Å². The fourth-order valence-corrected chi connectivity index (χ4v) is 3.34. The van der Waals surface area contributed by atoms with E-state index in [1.54, 1.807) is 20.8 Å². The first-order valence-electron chi connectivity index (χ1n) is 5.37. The highest BCUT2D eigenvalue weighted by molar-refractivity contribution is 7.91. The zero-order valence-corrected chi connectivity index (χ0v) is 11.0. The Balaban J connectivity index is 3.48. The number of sulfone groups is 1. The minimum absolute atomic E-state index is 0.0165. The Kier molecular flexibility index (Phi) is 3.93.